The van der Waals surface area contributed by atoms with E-state index in [9.17, 15) is 9.59 Å². The molecule has 2 N–H and O–H groups in total. The van der Waals surface area contributed by atoms with Gasteiger partial charge in [-0.3, -0.25) is 9.59 Å². The number of nitrogens with zero attached hydrogens (tertiary/aromatic N) is 3. The monoisotopic (exact) mass is 469 g/mol. The van der Waals surface area contributed by atoms with Crippen LogP contribution in [0.25, 0.3) is 0 Å². The third kappa shape index (κ3) is 6.48. The van der Waals surface area contributed by atoms with E-state index in [-0.39, 0.29) is 23.7 Å². The van der Waals surface area contributed by atoms with Crippen molar-refractivity contribution in [2.75, 3.05) is 23.5 Å². The Morgan fingerprint density at radius 1 is 1.03 bits per heavy atom. The SMILES string of the molecule is CCn1c(SCC(=O)Nc2ccc(NC(C)=O)cc2)nnc1C(C)Oc1ccccc1OC. The molecular formula is C23H27N5O4S. The third-order valence-electron chi connectivity index (χ3n) is 4.62. The van der Waals surface area contributed by atoms with E-state index < -0.39 is 0 Å². The highest BCUT2D eigenvalue weighted by atomic mass is 32.2. The number of thioether (sulfide) groups is 1. The summed E-state index contributed by atoms with van der Waals surface area (Å²) in [4.78, 5) is 23.5. The molecule has 0 radical (unpaired) electrons. The fraction of sp³-hybridized carbons (Fsp3) is 0.304. The Hall–Kier alpha value is -3.53. The fourth-order valence-electron chi connectivity index (χ4n) is 3.13. The highest BCUT2D eigenvalue weighted by Crippen LogP contribution is 2.31. The molecule has 2 amide bonds. The molecule has 0 spiro atoms. The van der Waals surface area contributed by atoms with Gasteiger partial charge in [0.2, 0.25) is 11.8 Å². The molecule has 10 heteroatoms. The average molecular weight is 470 g/mol. The van der Waals surface area contributed by atoms with Crippen molar-refractivity contribution in [1.82, 2.24) is 14.8 Å². The van der Waals surface area contributed by atoms with Crippen LogP contribution in [0.1, 0.15) is 32.7 Å². The van der Waals surface area contributed by atoms with Gasteiger partial charge in [0.05, 0.1) is 12.9 Å². The Kier molecular flexibility index (Phi) is 8.31. The summed E-state index contributed by atoms with van der Waals surface area (Å²) < 4.78 is 13.3. The number of benzene rings is 2. The van der Waals surface area contributed by atoms with Crippen LogP contribution in [0.4, 0.5) is 11.4 Å². The summed E-state index contributed by atoms with van der Waals surface area (Å²) in [6.07, 6.45) is -0.362. The van der Waals surface area contributed by atoms with E-state index in [1.807, 2.05) is 42.7 Å². The molecule has 0 saturated carbocycles. The van der Waals surface area contributed by atoms with Crippen molar-refractivity contribution in [3.8, 4) is 11.5 Å². The molecule has 0 aliphatic carbocycles. The average Bonchev–Trinajstić information content (AvgIpc) is 3.22. The lowest BCUT2D eigenvalue weighted by Gasteiger charge is -2.17. The summed E-state index contributed by atoms with van der Waals surface area (Å²) in [5.41, 5.74) is 1.31. The molecule has 9 nitrogen and oxygen atoms in total. The highest BCUT2D eigenvalue weighted by Gasteiger charge is 2.20. The summed E-state index contributed by atoms with van der Waals surface area (Å²) in [5, 5.41) is 14.7. The van der Waals surface area contributed by atoms with Gasteiger partial charge in [0.1, 0.15) is 0 Å². The standard InChI is InChI=1S/C23H27N5O4S/c1-5-28-22(15(2)32-20-9-7-6-8-19(20)31-4)26-27-23(28)33-14-21(30)25-18-12-10-17(11-13-18)24-16(3)29/h6-13,15H,5,14H2,1-4H3,(H,24,29)(H,25,30). The lowest BCUT2D eigenvalue weighted by Crippen LogP contribution is -2.15. The second-order valence-electron chi connectivity index (χ2n) is 7.09. The maximum Gasteiger partial charge on any atom is 0.234 e. The second kappa shape index (κ2) is 11.4. The minimum atomic E-state index is -0.362. The van der Waals surface area contributed by atoms with Gasteiger partial charge in [-0.1, -0.05) is 23.9 Å². The second-order valence-corrected chi connectivity index (χ2v) is 8.03. The summed E-state index contributed by atoms with van der Waals surface area (Å²) in [7, 11) is 1.60. The van der Waals surface area contributed by atoms with Gasteiger partial charge in [-0.05, 0) is 50.2 Å². The van der Waals surface area contributed by atoms with Crippen LogP contribution >= 0.6 is 11.8 Å². The van der Waals surface area contributed by atoms with Crippen LogP contribution in [0.5, 0.6) is 11.5 Å². The Morgan fingerprint density at radius 3 is 2.27 bits per heavy atom. The molecule has 0 bridgehead atoms. The predicted octanol–water partition coefficient (Wildman–Crippen LogP) is 4.14. The molecule has 1 aromatic heterocycles. The predicted molar refractivity (Wildman–Crippen MR) is 128 cm³/mol. The number of para-hydroxylation sites is 2. The zero-order valence-electron chi connectivity index (χ0n) is 19.0. The lowest BCUT2D eigenvalue weighted by atomic mass is 10.3. The number of methoxy groups -OCH3 is 1. The molecule has 174 valence electrons. The number of aromatic nitrogens is 3. The number of rotatable bonds is 10. The van der Waals surface area contributed by atoms with Crippen LogP contribution < -0.4 is 20.1 Å². The van der Waals surface area contributed by atoms with Gasteiger partial charge in [-0.25, -0.2) is 0 Å². The quantitative estimate of drug-likeness (QED) is 0.430. The van der Waals surface area contributed by atoms with Crippen molar-refractivity contribution in [2.45, 2.75) is 38.6 Å². The van der Waals surface area contributed by atoms with Crippen molar-refractivity contribution in [3.63, 3.8) is 0 Å². The van der Waals surface area contributed by atoms with Crippen molar-refractivity contribution in [3.05, 3.63) is 54.4 Å². The van der Waals surface area contributed by atoms with Gasteiger partial charge in [0.15, 0.2) is 28.6 Å². The highest BCUT2D eigenvalue weighted by molar-refractivity contribution is 7.99. The van der Waals surface area contributed by atoms with Crippen LogP contribution in [-0.4, -0.2) is 39.4 Å². The largest absolute Gasteiger partial charge is 0.493 e. The van der Waals surface area contributed by atoms with E-state index in [0.717, 1.165) is 0 Å². The molecule has 0 fully saturated rings. The van der Waals surface area contributed by atoms with E-state index in [1.54, 1.807) is 31.4 Å². The number of hydrogen-bond donors (Lipinski definition) is 2. The number of anilines is 2. The van der Waals surface area contributed by atoms with Crippen LogP contribution in [-0.2, 0) is 16.1 Å². The number of nitrogens with one attached hydrogen (secondary N) is 2. The van der Waals surface area contributed by atoms with Crippen molar-refractivity contribution in [2.24, 2.45) is 0 Å². The molecule has 1 heterocycles. The summed E-state index contributed by atoms with van der Waals surface area (Å²) in [6, 6.07) is 14.4. The van der Waals surface area contributed by atoms with Gasteiger partial charge in [0, 0.05) is 24.8 Å². The maximum absolute atomic E-state index is 12.4. The fourth-order valence-corrected chi connectivity index (χ4v) is 3.94. The zero-order valence-corrected chi connectivity index (χ0v) is 19.8. The number of ether oxygens (including phenoxy) is 2. The van der Waals surface area contributed by atoms with E-state index in [1.165, 1.54) is 18.7 Å². The van der Waals surface area contributed by atoms with Gasteiger partial charge in [0.25, 0.3) is 0 Å². The van der Waals surface area contributed by atoms with Crippen LogP contribution in [0.3, 0.4) is 0 Å². The zero-order chi connectivity index (χ0) is 23.8. The van der Waals surface area contributed by atoms with Crippen molar-refractivity contribution < 1.29 is 19.1 Å². The molecule has 0 aliphatic heterocycles. The molecule has 3 aromatic rings. The van der Waals surface area contributed by atoms with Crippen LogP contribution in [0, 0.1) is 0 Å². The van der Waals surface area contributed by atoms with E-state index in [2.05, 4.69) is 20.8 Å². The van der Waals surface area contributed by atoms with Crippen molar-refractivity contribution >= 4 is 35.0 Å². The number of carbonyl (C=O) groups is 2. The van der Waals surface area contributed by atoms with Gasteiger partial charge in [-0.15, -0.1) is 10.2 Å². The van der Waals surface area contributed by atoms with Crippen molar-refractivity contribution in [1.29, 1.82) is 0 Å². The first-order valence-corrected chi connectivity index (χ1v) is 11.4. The maximum atomic E-state index is 12.4. The van der Waals surface area contributed by atoms with E-state index in [0.29, 0.717) is 40.4 Å². The van der Waals surface area contributed by atoms with E-state index >= 15 is 0 Å². The lowest BCUT2D eigenvalue weighted by molar-refractivity contribution is -0.114. The number of amides is 2. The van der Waals surface area contributed by atoms with Gasteiger partial charge in [-0.2, -0.15) is 0 Å². The topological polar surface area (TPSA) is 107 Å². The number of carbonyl (C=O) groups excluding carboxylic acids is 2. The Balaban J connectivity index is 1.60. The van der Waals surface area contributed by atoms with Gasteiger partial charge >= 0.3 is 0 Å². The number of hydrogen-bond acceptors (Lipinski definition) is 7. The Morgan fingerprint density at radius 2 is 1.67 bits per heavy atom. The first-order chi connectivity index (χ1) is 15.9. The molecule has 1 unspecified atom stereocenters. The van der Waals surface area contributed by atoms with Gasteiger partial charge < -0.3 is 24.7 Å². The van der Waals surface area contributed by atoms with E-state index in [4.69, 9.17) is 9.47 Å². The molecule has 33 heavy (non-hydrogen) atoms. The minimum Gasteiger partial charge on any atom is -0.493 e. The third-order valence-corrected chi connectivity index (χ3v) is 5.59. The first kappa shape index (κ1) is 24.1. The normalized spacial score (nSPS) is 11.5. The molecule has 3 rings (SSSR count). The summed E-state index contributed by atoms with van der Waals surface area (Å²) in [5.74, 6) is 1.79. The molecular weight excluding hydrogens is 442 g/mol. The smallest absolute Gasteiger partial charge is 0.234 e. The molecule has 2 aromatic carbocycles. The van der Waals surface area contributed by atoms with Crippen LogP contribution in [0.15, 0.2) is 53.7 Å². The molecule has 1 atom stereocenters. The summed E-state index contributed by atoms with van der Waals surface area (Å²) in [6.45, 7) is 5.97. The summed E-state index contributed by atoms with van der Waals surface area (Å²) >= 11 is 1.30. The molecule has 0 aliphatic rings. The Labute approximate surface area is 196 Å². The molecule has 0 saturated heterocycles. The van der Waals surface area contributed by atoms with Crippen LogP contribution in [0.2, 0.25) is 0 Å². The minimum absolute atomic E-state index is 0.148. The first-order valence-electron chi connectivity index (χ1n) is 10.4. The Bertz CT molecular complexity index is 1100.